The van der Waals surface area contributed by atoms with E-state index in [4.69, 9.17) is 25.8 Å². The molecule has 0 saturated carbocycles. The number of carbonyl (C=O) groups is 1. The number of nitrogens with one attached hydrogen (secondary N) is 2. The van der Waals surface area contributed by atoms with Gasteiger partial charge in [0.1, 0.15) is 24.1 Å². The Balaban J connectivity index is 1.29. The first-order valence-corrected chi connectivity index (χ1v) is 9.92. The van der Waals surface area contributed by atoms with E-state index in [-0.39, 0.29) is 43.3 Å². The number of halogens is 1. The maximum atomic E-state index is 12.3. The van der Waals surface area contributed by atoms with Gasteiger partial charge in [0.15, 0.2) is 17.5 Å². The van der Waals surface area contributed by atoms with Gasteiger partial charge in [-0.05, 0) is 6.07 Å². The van der Waals surface area contributed by atoms with Crippen molar-refractivity contribution in [3.8, 4) is 6.01 Å². The van der Waals surface area contributed by atoms with Crippen LogP contribution in [0.3, 0.4) is 0 Å². The largest absolute Gasteiger partial charge is 0.456 e. The number of carbonyl (C=O) groups excluding carboxylic acids is 1. The molecule has 2 aliphatic heterocycles. The first kappa shape index (κ1) is 19.3. The van der Waals surface area contributed by atoms with E-state index in [1.54, 1.807) is 18.2 Å². The van der Waals surface area contributed by atoms with Gasteiger partial charge >= 0.3 is 0 Å². The molecular weight excluding hydrogens is 412 g/mol. The van der Waals surface area contributed by atoms with Crippen molar-refractivity contribution in [2.45, 2.75) is 24.4 Å². The highest BCUT2D eigenvalue weighted by atomic mass is 35.5. The van der Waals surface area contributed by atoms with Crippen molar-refractivity contribution in [2.24, 2.45) is 0 Å². The smallest absolute Gasteiger partial charge is 0.296 e. The lowest BCUT2D eigenvalue weighted by molar-refractivity contribution is 0.00706. The van der Waals surface area contributed by atoms with E-state index in [0.717, 1.165) is 0 Å². The summed E-state index contributed by atoms with van der Waals surface area (Å²) < 4.78 is 17.0. The quantitative estimate of drug-likeness (QED) is 0.507. The third-order valence-electron chi connectivity index (χ3n) is 5.16. The van der Waals surface area contributed by atoms with E-state index in [2.05, 4.69) is 20.3 Å². The summed E-state index contributed by atoms with van der Waals surface area (Å²) in [4.78, 5) is 24.1. The molecule has 2 saturated heterocycles. The number of pyridine rings is 1. The number of rotatable bonds is 6. The number of aromatic nitrogens is 3. The second-order valence-corrected chi connectivity index (χ2v) is 7.60. The Morgan fingerprint density at radius 2 is 2.03 bits per heavy atom. The summed E-state index contributed by atoms with van der Waals surface area (Å²) in [5.41, 5.74) is 1.60. The third-order valence-corrected chi connectivity index (χ3v) is 5.45. The zero-order valence-corrected chi connectivity index (χ0v) is 16.5. The number of ether oxygens (including phenoxy) is 3. The average molecular weight is 431 g/mol. The van der Waals surface area contributed by atoms with Crippen LogP contribution in [0.1, 0.15) is 10.4 Å². The van der Waals surface area contributed by atoms with E-state index in [0.29, 0.717) is 34.2 Å². The summed E-state index contributed by atoms with van der Waals surface area (Å²) in [6.07, 6.45) is -1.76. The first-order valence-electron chi connectivity index (χ1n) is 9.55. The number of aliphatic hydroxyl groups is 1. The summed E-state index contributed by atoms with van der Waals surface area (Å²) in [6.45, 7) is 0.577. The van der Waals surface area contributed by atoms with Crippen molar-refractivity contribution in [3.63, 3.8) is 0 Å². The van der Waals surface area contributed by atoms with Crippen molar-refractivity contribution in [1.82, 2.24) is 15.0 Å². The van der Waals surface area contributed by atoms with E-state index in [9.17, 15) is 9.90 Å². The standard InChI is InChI=1S/C20H19ClN4O5/c21-11-6-12-19(24-18(11)22-7-13(26)10-4-2-1-3-5-10)25-20(23-12)30-15-9-29-16-14(27)8-28-17(15)16/h1-6,14-17,27H,7-9H2,(H2,22,23,24,25)/t14-,15-,16-,17-/m1/s1. The van der Waals surface area contributed by atoms with Gasteiger partial charge in [-0.3, -0.25) is 4.79 Å². The predicted octanol–water partition coefficient (Wildman–Crippen LogP) is 1.81. The number of hydrogen-bond donors (Lipinski definition) is 3. The fourth-order valence-corrected chi connectivity index (χ4v) is 3.87. The van der Waals surface area contributed by atoms with Gasteiger partial charge in [0, 0.05) is 5.56 Å². The molecule has 4 atom stereocenters. The van der Waals surface area contributed by atoms with Crippen LogP contribution in [0.5, 0.6) is 6.01 Å². The summed E-state index contributed by atoms with van der Waals surface area (Å²) >= 11 is 6.31. The van der Waals surface area contributed by atoms with Crippen LogP contribution in [0.2, 0.25) is 5.02 Å². The van der Waals surface area contributed by atoms with Crippen LogP contribution in [-0.2, 0) is 9.47 Å². The summed E-state index contributed by atoms with van der Waals surface area (Å²) in [6, 6.07) is 10.9. The topological polar surface area (TPSA) is 119 Å². The van der Waals surface area contributed by atoms with Crippen LogP contribution in [0.4, 0.5) is 5.82 Å². The number of aliphatic hydroxyl groups excluding tert-OH is 1. The molecule has 2 aromatic heterocycles. The minimum atomic E-state index is -0.646. The maximum Gasteiger partial charge on any atom is 0.296 e. The number of anilines is 1. The first-order chi connectivity index (χ1) is 14.6. The Hall–Kier alpha value is -2.72. The average Bonchev–Trinajstić information content (AvgIpc) is 3.44. The number of Topliss-reactive ketones (excluding diaryl/α,β-unsaturated/α-hetero) is 1. The van der Waals surface area contributed by atoms with Crippen LogP contribution in [-0.4, -0.2) is 70.0 Å². The lowest BCUT2D eigenvalue weighted by Gasteiger charge is -2.15. The maximum absolute atomic E-state index is 12.3. The predicted molar refractivity (Wildman–Crippen MR) is 108 cm³/mol. The number of ketones is 1. The fourth-order valence-electron chi connectivity index (χ4n) is 3.65. The summed E-state index contributed by atoms with van der Waals surface area (Å²) in [5.74, 6) is 0.284. The second kappa shape index (κ2) is 7.84. The third kappa shape index (κ3) is 3.61. The Labute approximate surface area is 176 Å². The molecule has 0 radical (unpaired) electrons. The Morgan fingerprint density at radius 3 is 2.87 bits per heavy atom. The molecule has 0 spiro atoms. The molecule has 0 amide bonds. The van der Waals surface area contributed by atoms with Gasteiger partial charge in [0.25, 0.3) is 6.01 Å². The van der Waals surface area contributed by atoms with E-state index in [1.165, 1.54) is 0 Å². The summed E-state index contributed by atoms with van der Waals surface area (Å²) in [7, 11) is 0. The van der Waals surface area contributed by atoms with Crippen LogP contribution < -0.4 is 10.1 Å². The molecular formula is C20H19ClN4O5. The summed E-state index contributed by atoms with van der Waals surface area (Å²) in [5, 5.41) is 13.2. The zero-order valence-electron chi connectivity index (χ0n) is 15.7. The van der Waals surface area contributed by atoms with E-state index >= 15 is 0 Å². The molecule has 2 fully saturated rings. The van der Waals surface area contributed by atoms with Gasteiger partial charge in [0.2, 0.25) is 0 Å². The molecule has 10 heteroatoms. The number of benzene rings is 1. The van der Waals surface area contributed by atoms with Gasteiger partial charge in [-0.25, -0.2) is 4.98 Å². The van der Waals surface area contributed by atoms with Gasteiger partial charge in [-0.15, -0.1) is 0 Å². The van der Waals surface area contributed by atoms with E-state index < -0.39 is 6.10 Å². The molecule has 4 heterocycles. The van der Waals surface area contributed by atoms with Crippen molar-refractivity contribution < 1.29 is 24.1 Å². The molecule has 3 aromatic rings. The van der Waals surface area contributed by atoms with Crippen molar-refractivity contribution in [1.29, 1.82) is 0 Å². The Bertz CT molecular complexity index is 1080. The number of imidazole rings is 1. The number of aromatic amines is 1. The molecule has 9 nitrogen and oxygen atoms in total. The van der Waals surface area contributed by atoms with Gasteiger partial charge in [0.05, 0.1) is 30.3 Å². The molecule has 30 heavy (non-hydrogen) atoms. The SMILES string of the molecule is O=C(CNc1nc2nc(O[C@@H]3CO[C@H]4[C@@H]3OC[C@H]4O)[nH]c2cc1Cl)c1ccccc1. The minimum Gasteiger partial charge on any atom is -0.456 e. The fraction of sp³-hybridized carbons (Fsp3) is 0.350. The Morgan fingerprint density at radius 1 is 1.23 bits per heavy atom. The lowest BCUT2D eigenvalue weighted by atomic mass is 10.1. The molecule has 1 aromatic carbocycles. The Kier molecular flexibility index (Phi) is 5.03. The number of fused-ring (bicyclic) bond motifs is 2. The molecule has 5 rings (SSSR count). The molecule has 156 valence electrons. The monoisotopic (exact) mass is 430 g/mol. The van der Waals surface area contributed by atoms with Gasteiger partial charge < -0.3 is 29.6 Å². The molecule has 0 aliphatic carbocycles. The minimum absolute atomic E-state index is 0.0537. The molecule has 0 unspecified atom stereocenters. The second-order valence-electron chi connectivity index (χ2n) is 7.19. The number of H-pyrrole nitrogens is 1. The highest BCUT2D eigenvalue weighted by molar-refractivity contribution is 6.33. The van der Waals surface area contributed by atoms with Crippen LogP contribution >= 0.6 is 11.6 Å². The van der Waals surface area contributed by atoms with Crippen molar-refractivity contribution >= 4 is 34.4 Å². The molecule has 2 aliphatic rings. The van der Waals surface area contributed by atoms with Crippen LogP contribution in [0.15, 0.2) is 36.4 Å². The number of hydrogen-bond acceptors (Lipinski definition) is 8. The van der Waals surface area contributed by atoms with Crippen LogP contribution in [0, 0.1) is 0 Å². The van der Waals surface area contributed by atoms with Crippen molar-refractivity contribution in [2.75, 3.05) is 25.1 Å². The zero-order chi connectivity index (χ0) is 20.7. The highest BCUT2D eigenvalue weighted by Crippen LogP contribution is 2.30. The van der Waals surface area contributed by atoms with Gasteiger partial charge in [-0.2, -0.15) is 4.98 Å². The molecule has 0 bridgehead atoms. The van der Waals surface area contributed by atoms with Crippen molar-refractivity contribution in [3.05, 3.63) is 47.0 Å². The lowest BCUT2D eigenvalue weighted by Crippen LogP contribution is -2.34. The van der Waals surface area contributed by atoms with Gasteiger partial charge in [-0.1, -0.05) is 41.9 Å². The normalized spacial score (nSPS) is 25.4. The van der Waals surface area contributed by atoms with E-state index in [1.807, 2.05) is 18.2 Å². The number of nitrogens with zero attached hydrogens (tertiary/aromatic N) is 2. The molecule has 3 N–H and O–H groups in total. The van der Waals surface area contributed by atoms with Crippen LogP contribution in [0.25, 0.3) is 11.2 Å². The highest BCUT2D eigenvalue weighted by Gasteiger charge is 2.48.